The van der Waals surface area contributed by atoms with Gasteiger partial charge in [-0.1, -0.05) is 23.7 Å². The van der Waals surface area contributed by atoms with E-state index in [1.165, 1.54) is 24.3 Å². The van der Waals surface area contributed by atoms with Crippen molar-refractivity contribution in [2.24, 2.45) is 0 Å². The van der Waals surface area contributed by atoms with Gasteiger partial charge in [0.1, 0.15) is 22.6 Å². The summed E-state index contributed by atoms with van der Waals surface area (Å²) in [4.78, 5) is 14.3. The molecular weight excluding hydrogens is 453 g/mol. The molecule has 3 aromatic rings. The molecule has 166 valence electrons. The largest absolute Gasteiger partial charge is 0.457 e. The molecule has 1 saturated heterocycles. The van der Waals surface area contributed by atoms with Crippen molar-refractivity contribution in [2.75, 3.05) is 13.1 Å². The Morgan fingerprint density at radius 3 is 2.38 bits per heavy atom. The van der Waals surface area contributed by atoms with Crippen molar-refractivity contribution in [3.05, 3.63) is 89.2 Å². The summed E-state index contributed by atoms with van der Waals surface area (Å²) in [6, 6.07) is 19.2. The average molecular weight is 474 g/mol. The van der Waals surface area contributed by atoms with Gasteiger partial charge in [0.25, 0.3) is 0 Å². The summed E-state index contributed by atoms with van der Waals surface area (Å²) < 4.78 is 44.1. The summed E-state index contributed by atoms with van der Waals surface area (Å²) in [5.41, 5.74) is 0.920. The van der Waals surface area contributed by atoms with Crippen molar-refractivity contribution < 1.29 is 22.3 Å². The van der Waals surface area contributed by atoms with Crippen molar-refractivity contribution >= 4 is 27.3 Å². The van der Waals surface area contributed by atoms with Crippen LogP contribution < -0.4 is 4.74 Å². The van der Waals surface area contributed by atoms with Gasteiger partial charge in [0.15, 0.2) is 9.84 Å². The van der Waals surface area contributed by atoms with Gasteiger partial charge < -0.3 is 9.64 Å². The van der Waals surface area contributed by atoms with Gasteiger partial charge in [-0.2, -0.15) is 0 Å². The van der Waals surface area contributed by atoms with Gasteiger partial charge in [-0.25, -0.2) is 12.8 Å². The average Bonchev–Trinajstić information content (AvgIpc) is 2.73. The van der Waals surface area contributed by atoms with Gasteiger partial charge in [0, 0.05) is 24.5 Å². The number of benzene rings is 3. The Morgan fingerprint density at radius 2 is 1.69 bits per heavy atom. The lowest BCUT2D eigenvalue weighted by atomic mass is 10.1. The van der Waals surface area contributed by atoms with Crippen molar-refractivity contribution in [2.45, 2.75) is 23.0 Å². The highest BCUT2D eigenvalue weighted by atomic mass is 35.5. The third-order valence-corrected chi connectivity index (χ3v) is 7.71. The van der Waals surface area contributed by atoms with E-state index < -0.39 is 15.1 Å². The van der Waals surface area contributed by atoms with Crippen LogP contribution in [0.5, 0.6) is 11.5 Å². The van der Waals surface area contributed by atoms with Crippen LogP contribution >= 0.6 is 11.6 Å². The summed E-state index contributed by atoms with van der Waals surface area (Å²) in [7, 11) is -3.48. The van der Waals surface area contributed by atoms with Crippen LogP contribution in [0, 0.1) is 5.82 Å². The predicted molar refractivity (Wildman–Crippen MR) is 120 cm³/mol. The molecule has 0 N–H and O–H groups in total. The first-order valence-corrected chi connectivity index (χ1v) is 12.0. The Morgan fingerprint density at radius 1 is 1.00 bits per heavy atom. The molecule has 32 heavy (non-hydrogen) atoms. The van der Waals surface area contributed by atoms with Crippen LogP contribution in [0.15, 0.2) is 77.7 Å². The molecule has 4 rings (SSSR count). The zero-order valence-electron chi connectivity index (χ0n) is 17.1. The Labute approximate surface area is 191 Å². The highest BCUT2D eigenvalue weighted by molar-refractivity contribution is 7.92. The second kappa shape index (κ2) is 9.30. The quantitative estimate of drug-likeness (QED) is 0.490. The molecule has 1 amide bonds. The number of sulfone groups is 1. The van der Waals surface area contributed by atoms with E-state index in [0.29, 0.717) is 22.9 Å². The maximum atomic E-state index is 13.0. The Bertz CT molecular complexity index is 1210. The highest BCUT2D eigenvalue weighted by Crippen LogP contribution is 2.26. The van der Waals surface area contributed by atoms with E-state index in [0.717, 1.165) is 5.56 Å². The minimum atomic E-state index is -3.48. The zero-order chi connectivity index (χ0) is 22.7. The Kier molecular flexibility index (Phi) is 6.48. The predicted octanol–water partition coefficient (Wildman–Crippen LogP) is 4.89. The molecule has 3 aromatic carbocycles. The first-order valence-electron chi connectivity index (χ1n) is 10.1. The molecule has 1 aliphatic rings. The van der Waals surface area contributed by atoms with Gasteiger partial charge in [-0.15, -0.1) is 0 Å². The molecule has 0 spiro atoms. The fourth-order valence-corrected chi connectivity index (χ4v) is 5.25. The normalized spacial score (nSPS) is 14.1. The molecule has 0 aromatic heterocycles. The molecule has 0 unspecified atom stereocenters. The SMILES string of the molecule is O=C(CCc1cccc(Oc2ccc(F)cc2)c1)N1CC(S(=O)(=O)c2ccc(Cl)cc2)C1. The van der Waals surface area contributed by atoms with Crippen LogP contribution in [0.2, 0.25) is 5.02 Å². The van der Waals surface area contributed by atoms with Crippen molar-refractivity contribution in [3.8, 4) is 11.5 Å². The number of nitrogens with zero attached hydrogens (tertiary/aromatic N) is 1. The molecular formula is C24H21ClFNO4S. The van der Waals surface area contributed by atoms with Crippen LogP contribution in [0.3, 0.4) is 0 Å². The molecule has 0 radical (unpaired) electrons. The fourth-order valence-electron chi connectivity index (χ4n) is 3.47. The smallest absolute Gasteiger partial charge is 0.222 e. The van der Waals surface area contributed by atoms with Gasteiger partial charge in [-0.3, -0.25) is 4.79 Å². The summed E-state index contributed by atoms with van der Waals surface area (Å²) in [5.74, 6) is 0.698. The summed E-state index contributed by atoms with van der Waals surface area (Å²) in [5, 5.41) is -0.124. The van der Waals surface area contributed by atoms with Gasteiger partial charge in [-0.05, 0) is 72.6 Å². The molecule has 0 aliphatic carbocycles. The number of rotatable bonds is 7. The van der Waals surface area contributed by atoms with Gasteiger partial charge >= 0.3 is 0 Å². The number of ether oxygens (including phenoxy) is 1. The van der Waals surface area contributed by atoms with E-state index in [4.69, 9.17) is 16.3 Å². The van der Waals surface area contributed by atoms with Crippen molar-refractivity contribution in [1.29, 1.82) is 0 Å². The highest BCUT2D eigenvalue weighted by Gasteiger charge is 2.40. The summed E-state index contributed by atoms with van der Waals surface area (Å²) in [6.45, 7) is 0.384. The lowest BCUT2D eigenvalue weighted by Gasteiger charge is -2.38. The van der Waals surface area contributed by atoms with Crippen molar-refractivity contribution in [3.63, 3.8) is 0 Å². The maximum absolute atomic E-state index is 13.0. The lowest BCUT2D eigenvalue weighted by molar-refractivity contribution is -0.134. The molecule has 0 saturated carbocycles. The van der Waals surface area contributed by atoms with Gasteiger partial charge in [0.05, 0.1) is 4.90 Å². The van der Waals surface area contributed by atoms with E-state index in [1.54, 1.807) is 35.2 Å². The van der Waals surface area contributed by atoms with E-state index in [1.807, 2.05) is 18.2 Å². The summed E-state index contributed by atoms with van der Waals surface area (Å²) in [6.07, 6.45) is 0.776. The molecule has 0 bridgehead atoms. The fraction of sp³-hybridized carbons (Fsp3) is 0.208. The molecule has 5 nitrogen and oxygen atoms in total. The molecule has 1 fully saturated rings. The second-order valence-corrected chi connectivity index (χ2v) is 10.3. The van der Waals surface area contributed by atoms with Crippen LogP contribution in [0.25, 0.3) is 0 Å². The zero-order valence-corrected chi connectivity index (χ0v) is 18.7. The van der Waals surface area contributed by atoms with Crippen LogP contribution in [-0.4, -0.2) is 37.6 Å². The topological polar surface area (TPSA) is 63.7 Å². The second-order valence-electron chi connectivity index (χ2n) is 7.62. The van der Waals surface area contributed by atoms with E-state index in [9.17, 15) is 17.6 Å². The summed E-state index contributed by atoms with van der Waals surface area (Å²) >= 11 is 5.83. The number of aryl methyl sites for hydroxylation is 1. The standard InChI is InChI=1S/C24H21ClFNO4S/c25-18-5-11-22(12-6-18)32(29,30)23-15-27(16-23)24(28)13-4-17-2-1-3-21(14-17)31-20-9-7-19(26)8-10-20/h1-3,5-12,14,23H,4,13,15-16H2. The maximum Gasteiger partial charge on any atom is 0.222 e. The van der Waals surface area contributed by atoms with E-state index in [2.05, 4.69) is 0 Å². The number of likely N-dealkylation sites (tertiary alicyclic amines) is 1. The first kappa shape index (κ1) is 22.3. The monoisotopic (exact) mass is 473 g/mol. The number of hydrogen-bond acceptors (Lipinski definition) is 4. The van der Waals surface area contributed by atoms with Crippen LogP contribution in [0.4, 0.5) is 4.39 Å². The van der Waals surface area contributed by atoms with Crippen molar-refractivity contribution in [1.82, 2.24) is 4.90 Å². The first-order chi connectivity index (χ1) is 15.3. The van der Waals surface area contributed by atoms with E-state index in [-0.39, 0.29) is 36.1 Å². The molecule has 1 aliphatic heterocycles. The molecule has 8 heteroatoms. The molecule has 0 atom stereocenters. The van der Waals surface area contributed by atoms with E-state index >= 15 is 0 Å². The number of carbonyl (C=O) groups excluding carboxylic acids is 1. The third-order valence-electron chi connectivity index (χ3n) is 5.36. The number of halogens is 2. The minimum Gasteiger partial charge on any atom is -0.457 e. The Hall–Kier alpha value is -2.90. The number of carbonyl (C=O) groups is 1. The molecule has 1 heterocycles. The van der Waals surface area contributed by atoms with Crippen LogP contribution in [-0.2, 0) is 21.1 Å². The number of amides is 1. The number of hydrogen-bond donors (Lipinski definition) is 0. The lowest BCUT2D eigenvalue weighted by Crippen LogP contribution is -2.56. The third kappa shape index (κ3) is 5.11. The van der Waals surface area contributed by atoms with Gasteiger partial charge in [0.2, 0.25) is 5.91 Å². The van der Waals surface area contributed by atoms with Crippen LogP contribution in [0.1, 0.15) is 12.0 Å². The minimum absolute atomic E-state index is 0.0857. The Balaban J connectivity index is 1.29.